The van der Waals surface area contributed by atoms with Crippen LogP contribution in [0.5, 0.6) is 0 Å². The zero-order valence-electron chi connectivity index (χ0n) is 11.8. The summed E-state index contributed by atoms with van der Waals surface area (Å²) in [6.07, 6.45) is 2.72. The van der Waals surface area contributed by atoms with Gasteiger partial charge in [-0.25, -0.2) is 4.79 Å². The number of rotatable bonds is 4. The SMILES string of the molecule is CN(CC(C)(C)C)c1ccc(/C=C/C(=O)O)cc1Br. The lowest BCUT2D eigenvalue weighted by Gasteiger charge is -2.29. The molecule has 0 aliphatic heterocycles. The van der Waals surface area contributed by atoms with E-state index in [0.29, 0.717) is 0 Å². The Morgan fingerprint density at radius 1 is 1.42 bits per heavy atom. The van der Waals surface area contributed by atoms with Crippen molar-refractivity contribution in [1.29, 1.82) is 0 Å². The van der Waals surface area contributed by atoms with Crippen LogP contribution in [0.25, 0.3) is 6.08 Å². The van der Waals surface area contributed by atoms with Crippen LogP contribution in [0.3, 0.4) is 0 Å². The Balaban J connectivity index is 2.91. The Morgan fingerprint density at radius 2 is 2.05 bits per heavy atom. The maximum absolute atomic E-state index is 10.5. The molecule has 104 valence electrons. The van der Waals surface area contributed by atoms with Gasteiger partial charge in [-0.05, 0) is 45.1 Å². The minimum Gasteiger partial charge on any atom is -0.478 e. The topological polar surface area (TPSA) is 40.5 Å². The summed E-state index contributed by atoms with van der Waals surface area (Å²) in [5, 5.41) is 8.61. The summed E-state index contributed by atoms with van der Waals surface area (Å²) in [5.41, 5.74) is 2.18. The normalized spacial score (nSPS) is 11.8. The van der Waals surface area contributed by atoms with Crippen LogP contribution in [0.15, 0.2) is 28.7 Å². The first kappa shape index (κ1) is 15.8. The molecular weight excluding hydrogens is 306 g/mol. The van der Waals surface area contributed by atoms with Crippen LogP contribution >= 0.6 is 15.9 Å². The number of anilines is 1. The van der Waals surface area contributed by atoms with Crippen molar-refractivity contribution in [2.75, 3.05) is 18.5 Å². The molecule has 0 bridgehead atoms. The van der Waals surface area contributed by atoms with Gasteiger partial charge in [0, 0.05) is 24.1 Å². The number of aliphatic carboxylic acids is 1. The van der Waals surface area contributed by atoms with Crippen molar-refractivity contribution in [3.8, 4) is 0 Å². The van der Waals surface area contributed by atoms with Crippen LogP contribution in [-0.4, -0.2) is 24.7 Å². The molecule has 1 aromatic carbocycles. The Labute approximate surface area is 123 Å². The predicted molar refractivity (Wildman–Crippen MR) is 83.5 cm³/mol. The summed E-state index contributed by atoms with van der Waals surface area (Å²) in [5.74, 6) is -0.940. The first-order chi connectivity index (χ1) is 8.69. The molecule has 0 aliphatic rings. The van der Waals surface area contributed by atoms with Crippen LogP contribution in [0.1, 0.15) is 26.3 Å². The first-order valence-electron chi connectivity index (χ1n) is 6.11. The monoisotopic (exact) mass is 325 g/mol. The molecular formula is C15H20BrNO2. The van der Waals surface area contributed by atoms with Crippen molar-refractivity contribution in [1.82, 2.24) is 0 Å². The highest BCUT2D eigenvalue weighted by molar-refractivity contribution is 9.10. The summed E-state index contributed by atoms with van der Waals surface area (Å²) < 4.78 is 0.965. The van der Waals surface area contributed by atoms with E-state index in [1.54, 1.807) is 6.08 Å². The van der Waals surface area contributed by atoms with Crippen LogP contribution < -0.4 is 4.90 Å². The minimum absolute atomic E-state index is 0.218. The van der Waals surface area contributed by atoms with E-state index in [1.807, 2.05) is 18.2 Å². The van der Waals surface area contributed by atoms with Crippen molar-refractivity contribution in [3.05, 3.63) is 34.3 Å². The van der Waals surface area contributed by atoms with Gasteiger partial charge in [-0.3, -0.25) is 0 Å². The fourth-order valence-electron chi connectivity index (χ4n) is 1.90. The van der Waals surface area contributed by atoms with Crippen LogP contribution in [0.2, 0.25) is 0 Å². The molecule has 0 amide bonds. The number of carboxylic acid groups (broad SMARTS) is 1. The van der Waals surface area contributed by atoms with E-state index in [9.17, 15) is 4.79 Å². The fraction of sp³-hybridized carbons (Fsp3) is 0.400. The van der Waals surface area contributed by atoms with E-state index in [2.05, 4.69) is 48.6 Å². The van der Waals surface area contributed by atoms with Crippen molar-refractivity contribution >= 4 is 33.7 Å². The van der Waals surface area contributed by atoms with Crippen molar-refractivity contribution in [3.63, 3.8) is 0 Å². The molecule has 0 aliphatic carbocycles. The number of hydrogen-bond donors (Lipinski definition) is 1. The fourth-order valence-corrected chi connectivity index (χ4v) is 2.60. The van der Waals surface area contributed by atoms with Gasteiger partial charge in [0.2, 0.25) is 0 Å². The van der Waals surface area contributed by atoms with Gasteiger partial charge >= 0.3 is 5.97 Å². The lowest BCUT2D eigenvalue weighted by Crippen LogP contribution is -2.29. The lowest BCUT2D eigenvalue weighted by atomic mass is 9.96. The summed E-state index contributed by atoms with van der Waals surface area (Å²) >= 11 is 3.54. The van der Waals surface area contributed by atoms with E-state index in [1.165, 1.54) is 0 Å². The molecule has 1 N–H and O–H groups in total. The molecule has 0 heterocycles. The van der Waals surface area contributed by atoms with E-state index < -0.39 is 5.97 Å². The molecule has 1 rings (SSSR count). The van der Waals surface area contributed by atoms with Gasteiger partial charge in [0.25, 0.3) is 0 Å². The summed E-state index contributed by atoms with van der Waals surface area (Å²) in [6, 6.07) is 5.84. The third kappa shape index (κ3) is 5.47. The lowest BCUT2D eigenvalue weighted by molar-refractivity contribution is -0.131. The predicted octanol–water partition coefficient (Wildman–Crippen LogP) is 4.03. The van der Waals surface area contributed by atoms with Crippen molar-refractivity contribution in [2.45, 2.75) is 20.8 Å². The van der Waals surface area contributed by atoms with E-state index in [4.69, 9.17) is 5.11 Å². The molecule has 0 spiro atoms. The second-order valence-corrected chi connectivity index (χ2v) is 6.65. The second kappa shape index (κ2) is 6.24. The summed E-state index contributed by atoms with van der Waals surface area (Å²) in [7, 11) is 2.05. The Kier molecular flexibility index (Phi) is 5.18. The highest BCUT2D eigenvalue weighted by Gasteiger charge is 2.15. The second-order valence-electron chi connectivity index (χ2n) is 5.80. The van der Waals surface area contributed by atoms with Gasteiger partial charge in [-0.1, -0.05) is 26.8 Å². The number of carboxylic acids is 1. The zero-order chi connectivity index (χ0) is 14.6. The molecule has 0 aromatic heterocycles. The van der Waals surface area contributed by atoms with Crippen LogP contribution in [-0.2, 0) is 4.79 Å². The highest BCUT2D eigenvalue weighted by atomic mass is 79.9. The number of nitrogens with zero attached hydrogens (tertiary/aromatic N) is 1. The van der Waals surface area contributed by atoms with Crippen LogP contribution in [0, 0.1) is 5.41 Å². The Hall–Kier alpha value is -1.29. The molecule has 1 aromatic rings. The molecule has 19 heavy (non-hydrogen) atoms. The summed E-state index contributed by atoms with van der Waals surface area (Å²) in [4.78, 5) is 12.7. The number of halogens is 1. The van der Waals surface area contributed by atoms with Gasteiger partial charge in [0.1, 0.15) is 0 Å². The molecule has 0 unspecified atom stereocenters. The molecule has 4 heteroatoms. The third-order valence-corrected chi connectivity index (χ3v) is 3.15. The molecule has 0 saturated heterocycles. The molecule has 0 radical (unpaired) electrons. The van der Waals surface area contributed by atoms with Crippen molar-refractivity contribution in [2.24, 2.45) is 5.41 Å². The van der Waals surface area contributed by atoms with Crippen molar-refractivity contribution < 1.29 is 9.90 Å². The summed E-state index contributed by atoms with van der Waals surface area (Å²) in [6.45, 7) is 7.53. The minimum atomic E-state index is -0.940. The number of benzene rings is 1. The van der Waals surface area contributed by atoms with E-state index in [0.717, 1.165) is 28.3 Å². The zero-order valence-corrected chi connectivity index (χ0v) is 13.4. The molecule has 0 saturated carbocycles. The number of carbonyl (C=O) groups is 1. The van der Waals surface area contributed by atoms with Gasteiger partial charge in [0.05, 0.1) is 5.69 Å². The van der Waals surface area contributed by atoms with E-state index >= 15 is 0 Å². The largest absolute Gasteiger partial charge is 0.478 e. The van der Waals surface area contributed by atoms with Gasteiger partial charge in [0.15, 0.2) is 0 Å². The van der Waals surface area contributed by atoms with Gasteiger partial charge < -0.3 is 10.0 Å². The highest BCUT2D eigenvalue weighted by Crippen LogP contribution is 2.29. The smallest absolute Gasteiger partial charge is 0.328 e. The molecule has 0 fully saturated rings. The average Bonchev–Trinajstić information content (AvgIpc) is 2.23. The Morgan fingerprint density at radius 3 is 2.53 bits per heavy atom. The van der Waals surface area contributed by atoms with Gasteiger partial charge in [-0.2, -0.15) is 0 Å². The van der Waals surface area contributed by atoms with Crippen LogP contribution in [0.4, 0.5) is 5.69 Å². The molecule has 3 nitrogen and oxygen atoms in total. The average molecular weight is 326 g/mol. The standard InChI is InChI=1S/C15H20BrNO2/c1-15(2,3)10-17(4)13-7-5-11(9-12(13)16)6-8-14(18)19/h5-9H,10H2,1-4H3,(H,18,19)/b8-6+. The molecule has 0 atom stereocenters. The Bertz CT molecular complexity index is 489. The maximum Gasteiger partial charge on any atom is 0.328 e. The maximum atomic E-state index is 10.5. The first-order valence-corrected chi connectivity index (χ1v) is 6.90. The number of hydrogen-bond acceptors (Lipinski definition) is 2. The quantitative estimate of drug-likeness (QED) is 0.849. The third-order valence-electron chi connectivity index (χ3n) is 2.51. The van der Waals surface area contributed by atoms with Gasteiger partial charge in [-0.15, -0.1) is 0 Å². The van der Waals surface area contributed by atoms with E-state index in [-0.39, 0.29) is 5.41 Å².